The Labute approximate surface area is 106 Å². The first-order valence-corrected chi connectivity index (χ1v) is 5.90. The first-order chi connectivity index (χ1) is 8.69. The highest BCUT2D eigenvalue weighted by Gasteiger charge is 2.03. The van der Waals surface area contributed by atoms with Crippen molar-refractivity contribution in [1.82, 2.24) is 5.32 Å². The standard InChI is InChI=1S/C15H16FNO/c1-11(17-2)3-8-14-9-10-15(18-14)12-4-6-13(16)7-5-12/h3-11,17H,1-2H3/b8-3+. The highest BCUT2D eigenvalue weighted by atomic mass is 19.1. The van der Waals surface area contributed by atoms with Gasteiger partial charge in [0, 0.05) is 11.6 Å². The highest BCUT2D eigenvalue weighted by Crippen LogP contribution is 2.23. The summed E-state index contributed by atoms with van der Waals surface area (Å²) in [4.78, 5) is 0. The van der Waals surface area contributed by atoms with E-state index in [9.17, 15) is 4.39 Å². The Hall–Kier alpha value is -1.87. The van der Waals surface area contributed by atoms with Gasteiger partial charge in [-0.15, -0.1) is 0 Å². The predicted octanol–water partition coefficient (Wildman–Crippen LogP) is 3.71. The van der Waals surface area contributed by atoms with Gasteiger partial charge >= 0.3 is 0 Å². The van der Waals surface area contributed by atoms with Crippen LogP contribution in [0.15, 0.2) is 46.9 Å². The zero-order chi connectivity index (χ0) is 13.0. The van der Waals surface area contributed by atoms with Gasteiger partial charge in [-0.25, -0.2) is 4.39 Å². The van der Waals surface area contributed by atoms with Gasteiger partial charge in [-0.05, 0) is 56.4 Å². The van der Waals surface area contributed by atoms with Crippen LogP contribution in [0.1, 0.15) is 12.7 Å². The molecule has 0 bridgehead atoms. The lowest BCUT2D eigenvalue weighted by Crippen LogP contribution is -2.17. The molecule has 0 spiro atoms. The van der Waals surface area contributed by atoms with Gasteiger partial charge in [-0.2, -0.15) is 0 Å². The Morgan fingerprint density at radius 2 is 1.89 bits per heavy atom. The molecule has 1 heterocycles. The van der Waals surface area contributed by atoms with E-state index in [1.165, 1.54) is 12.1 Å². The van der Waals surface area contributed by atoms with Gasteiger partial charge in [0.1, 0.15) is 17.3 Å². The first kappa shape index (κ1) is 12.6. The molecule has 1 N–H and O–H groups in total. The second-order valence-electron chi connectivity index (χ2n) is 4.15. The number of likely N-dealkylation sites (N-methyl/N-ethyl adjacent to an activating group) is 1. The molecule has 1 atom stereocenters. The Balaban J connectivity index is 2.15. The first-order valence-electron chi connectivity index (χ1n) is 5.90. The zero-order valence-corrected chi connectivity index (χ0v) is 10.5. The highest BCUT2D eigenvalue weighted by molar-refractivity contribution is 5.59. The van der Waals surface area contributed by atoms with E-state index in [1.54, 1.807) is 12.1 Å². The second kappa shape index (κ2) is 5.65. The number of hydrogen-bond donors (Lipinski definition) is 1. The average Bonchev–Trinajstić information content (AvgIpc) is 2.85. The lowest BCUT2D eigenvalue weighted by atomic mass is 10.2. The summed E-state index contributed by atoms with van der Waals surface area (Å²) in [6.07, 6.45) is 3.95. The summed E-state index contributed by atoms with van der Waals surface area (Å²) in [5.74, 6) is 1.29. The van der Waals surface area contributed by atoms with Crippen LogP contribution in [0, 0.1) is 5.82 Å². The fourth-order valence-electron chi connectivity index (χ4n) is 1.55. The van der Waals surface area contributed by atoms with Gasteiger partial charge in [0.05, 0.1) is 0 Å². The number of rotatable bonds is 4. The number of nitrogens with one attached hydrogen (secondary N) is 1. The summed E-state index contributed by atoms with van der Waals surface area (Å²) in [5, 5.41) is 3.11. The smallest absolute Gasteiger partial charge is 0.134 e. The van der Waals surface area contributed by atoms with E-state index in [4.69, 9.17) is 4.42 Å². The quantitative estimate of drug-likeness (QED) is 0.888. The molecule has 0 aliphatic rings. The van der Waals surface area contributed by atoms with Crippen molar-refractivity contribution in [3.63, 3.8) is 0 Å². The maximum atomic E-state index is 12.8. The molecule has 1 aromatic heterocycles. The molecule has 2 rings (SSSR count). The molecule has 94 valence electrons. The van der Waals surface area contributed by atoms with Gasteiger partial charge in [-0.1, -0.05) is 6.08 Å². The van der Waals surface area contributed by atoms with Crippen LogP contribution in [0.25, 0.3) is 17.4 Å². The predicted molar refractivity (Wildman–Crippen MR) is 71.7 cm³/mol. The van der Waals surface area contributed by atoms with Crippen molar-refractivity contribution in [2.75, 3.05) is 7.05 Å². The summed E-state index contributed by atoms with van der Waals surface area (Å²) < 4.78 is 18.5. The summed E-state index contributed by atoms with van der Waals surface area (Å²) in [6, 6.07) is 10.3. The lowest BCUT2D eigenvalue weighted by Gasteiger charge is -2.00. The van der Waals surface area contributed by atoms with E-state index < -0.39 is 0 Å². The third-order valence-electron chi connectivity index (χ3n) is 2.76. The number of hydrogen-bond acceptors (Lipinski definition) is 2. The van der Waals surface area contributed by atoms with E-state index in [-0.39, 0.29) is 5.82 Å². The maximum absolute atomic E-state index is 12.8. The van der Waals surface area contributed by atoms with Gasteiger partial charge in [-0.3, -0.25) is 0 Å². The summed E-state index contributed by atoms with van der Waals surface area (Å²) >= 11 is 0. The molecule has 2 nitrogen and oxygen atoms in total. The van der Waals surface area contributed by atoms with Crippen molar-refractivity contribution >= 4 is 6.08 Å². The minimum Gasteiger partial charge on any atom is -0.457 e. The van der Waals surface area contributed by atoms with Crippen molar-refractivity contribution in [2.24, 2.45) is 0 Å². The molecule has 1 aromatic carbocycles. The number of benzene rings is 1. The molecule has 0 aliphatic heterocycles. The molecule has 0 aliphatic carbocycles. The average molecular weight is 245 g/mol. The van der Waals surface area contributed by atoms with E-state index in [0.717, 1.165) is 17.1 Å². The van der Waals surface area contributed by atoms with Crippen LogP contribution in [-0.2, 0) is 0 Å². The molecule has 0 saturated carbocycles. The summed E-state index contributed by atoms with van der Waals surface area (Å²) in [6.45, 7) is 2.06. The molecule has 0 amide bonds. The van der Waals surface area contributed by atoms with Crippen LogP contribution in [0.4, 0.5) is 4.39 Å². The van der Waals surface area contributed by atoms with Crippen molar-refractivity contribution < 1.29 is 8.81 Å². The minimum absolute atomic E-state index is 0.242. The number of halogens is 1. The van der Waals surface area contributed by atoms with E-state index in [0.29, 0.717) is 6.04 Å². The fraction of sp³-hybridized carbons (Fsp3) is 0.200. The van der Waals surface area contributed by atoms with Crippen molar-refractivity contribution in [3.8, 4) is 11.3 Å². The summed E-state index contributed by atoms with van der Waals surface area (Å²) in [5.41, 5.74) is 0.873. The van der Waals surface area contributed by atoms with Crippen molar-refractivity contribution in [1.29, 1.82) is 0 Å². The van der Waals surface area contributed by atoms with E-state index >= 15 is 0 Å². The molecule has 18 heavy (non-hydrogen) atoms. The SMILES string of the molecule is CNC(C)/C=C/c1ccc(-c2ccc(F)cc2)o1. The topological polar surface area (TPSA) is 25.2 Å². The van der Waals surface area contributed by atoms with Crippen LogP contribution in [0.3, 0.4) is 0 Å². The number of furan rings is 1. The Bertz CT molecular complexity index is 528. The van der Waals surface area contributed by atoms with Gasteiger partial charge in [0.2, 0.25) is 0 Å². The third-order valence-corrected chi connectivity index (χ3v) is 2.76. The van der Waals surface area contributed by atoms with Crippen LogP contribution in [0.2, 0.25) is 0 Å². The van der Waals surface area contributed by atoms with E-state index in [1.807, 2.05) is 31.3 Å². The fourth-order valence-corrected chi connectivity index (χ4v) is 1.55. The molecule has 0 radical (unpaired) electrons. The minimum atomic E-state index is -0.242. The maximum Gasteiger partial charge on any atom is 0.134 e. The Morgan fingerprint density at radius 1 is 1.17 bits per heavy atom. The van der Waals surface area contributed by atoms with Gasteiger partial charge < -0.3 is 9.73 Å². The molecular formula is C15H16FNO. The summed E-state index contributed by atoms with van der Waals surface area (Å²) in [7, 11) is 1.90. The monoisotopic (exact) mass is 245 g/mol. The molecule has 0 fully saturated rings. The molecule has 0 saturated heterocycles. The third kappa shape index (κ3) is 3.08. The normalized spacial score (nSPS) is 13.1. The van der Waals surface area contributed by atoms with Gasteiger partial charge in [0.15, 0.2) is 0 Å². The molecule has 1 unspecified atom stereocenters. The lowest BCUT2D eigenvalue weighted by molar-refractivity contribution is 0.570. The molecule has 2 aromatic rings. The van der Waals surface area contributed by atoms with Crippen molar-refractivity contribution in [2.45, 2.75) is 13.0 Å². The van der Waals surface area contributed by atoms with Crippen molar-refractivity contribution in [3.05, 3.63) is 54.1 Å². The van der Waals surface area contributed by atoms with Crippen LogP contribution >= 0.6 is 0 Å². The van der Waals surface area contributed by atoms with Crippen LogP contribution in [-0.4, -0.2) is 13.1 Å². The zero-order valence-electron chi connectivity index (χ0n) is 10.5. The second-order valence-corrected chi connectivity index (χ2v) is 4.15. The van der Waals surface area contributed by atoms with Crippen LogP contribution < -0.4 is 5.32 Å². The van der Waals surface area contributed by atoms with E-state index in [2.05, 4.69) is 12.2 Å². The van der Waals surface area contributed by atoms with Gasteiger partial charge in [0.25, 0.3) is 0 Å². The molecule has 3 heteroatoms. The van der Waals surface area contributed by atoms with Crippen LogP contribution in [0.5, 0.6) is 0 Å². The largest absolute Gasteiger partial charge is 0.457 e. The Kier molecular flexibility index (Phi) is 3.95. The Morgan fingerprint density at radius 3 is 2.56 bits per heavy atom. The molecular weight excluding hydrogens is 229 g/mol.